The summed E-state index contributed by atoms with van der Waals surface area (Å²) < 4.78 is 40.7. The normalized spacial score (nSPS) is 29.4. The maximum absolute atomic E-state index is 13.6. The molecular formula is C14H26ClF3N2. The molecule has 0 spiro atoms. The fourth-order valence-corrected chi connectivity index (χ4v) is 3.74. The van der Waals surface area contributed by atoms with Crippen molar-refractivity contribution in [3.8, 4) is 0 Å². The largest absolute Gasteiger partial charge is 0.406 e. The molecule has 2 nitrogen and oxygen atoms in total. The minimum Gasteiger partial charge on any atom is -0.317 e. The first-order valence-corrected chi connectivity index (χ1v) is 7.52. The molecule has 0 aliphatic carbocycles. The molecule has 1 atom stereocenters. The molecule has 2 saturated heterocycles. The van der Waals surface area contributed by atoms with Crippen LogP contribution in [0.3, 0.4) is 0 Å². The molecule has 0 aromatic heterocycles. The van der Waals surface area contributed by atoms with E-state index in [2.05, 4.69) is 5.32 Å². The predicted molar refractivity (Wildman–Crippen MR) is 77.3 cm³/mol. The van der Waals surface area contributed by atoms with E-state index in [1.54, 1.807) is 4.90 Å². The van der Waals surface area contributed by atoms with Crippen LogP contribution in [-0.2, 0) is 0 Å². The lowest BCUT2D eigenvalue weighted by molar-refractivity contribution is -0.227. The molecule has 120 valence electrons. The highest BCUT2D eigenvalue weighted by molar-refractivity contribution is 5.85. The second kappa shape index (κ2) is 7.32. The third kappa shape index (κ3) is 3.60. The molecule has 1 N–H and O–H groups in total. The third-order valence-corrected chi connectivity index (χ3v) is 4.75. The minimum atomic E-state index is -4.09. The number of piperidine rings is 1. The Morgan fingerprint density at radius 3 is 2.45 bits per heavy atom. The van der Waals surface area contributed by atoms with E-state index in [9.17, 15) is 13.2 Å². The van der Waals surface area contributed by atoms with Crippen LogP contribution in [0.5, 0.6) is 0 Å². The topological polar surface area (TPSA) is 15.3 Å². The van der Waals surface area contributed by atoms with Gasteiger partial charge in [0.2, 0.25) is 0 Å². The average Bonchev–Trinajstić information content (AvgIpc) is 2.75. The van der Waals surface area contributed by atoms with Crippen LogP contribution in [0.1, 0.15) is 45.4 Å². The summed E-state index contributed by atoms with van der Waals surface area (Å²) in [6.45, 7) is 5.00. The monoisotopic (exact) mass is 314 g/mol. The summed E-state index contributed by atoms with van der Waals surface area (Å²) in [7, 11) is 0. The van der Waals surface area contributed by atoms with Gasteiger partial charge in [0.05, 0.1) is 0 Å². The van der Waals surface area contributed by atoms with Crippen molar-refractivity contribution in [3.63, 3.8) is 0 Å². The van der Waals surface area contributed by atoms with Crippen LogP contribution in [-0.4, -0.2) is 42.8 Å². The van der Waals surface area contributed by atoms with E-state index in [0.29, 0.717) is 31.8 Å². The molecule has 0 bridgehead atoms. The van der Waals surface area contributed by atoms with Crippen molar-refractivity contribution in [2.75, 3.05) is 26.2 Å². The van der Waals surface area contributed by atoms with Crippen molar-refractivity contribution < 1.29 is 13.2 Å². The van der Waals surface area contributed by atoms with Crippen molar-refractivity contribution in [1.29, 1.82) is 0 Å². The molecule has 2 fully saturated rings. The zero-order valence-electron chi connectivity index (χ0n) is 12.1. The first-order chi connectivity index (χ1) is 8.99. The number of halogens is 4. The van der Waals surface area contributed by atoms with Crippen LogP contribution in [0.15, 0.2) is 0 Å². The summed E-state index contributed by atoms with van der Waals surface area (Å²) in [6, 6.07) is 0. The Morgan fingerprint density at radius 1 is 1.25 bits per heavy atom. The molecule has 0 amide bonds. The van der Waals surface area contributed by atoms with Crippen LogP contribution in [0, 0.1) is 5.92 Å². The standard InChI is InChI=1S/C14H25F3N2.ClH/c1-2-6-13(14(15,16)17)7-3-10-19(13)11-12-4-8-18-9-5-12;/h12,18H,2-11H2,1H3;1H. The lowest BCUT2D eigenvalue weighted by Gasteiger charge is -2.42. The molecule has 6 heteroatoms. The van der Waals surface area contributed by atoms with Gasteiger partial charge in [0.25, 0.3) is 0 Å². The zero-order chi connectivity index (χ0) is 13.9. The van der Waals surface area contributed by atoms with Crippen molar-refractivity contribution in [2.24, 2.45) is 5.92 Å². The zero-order valence-corrected chi connectivity index (χ0v) is 13.0. The number of rotatable bonds is 4. The third-order valence-electron chi connectivity index (χ3n) is 4.75. The van der Waals surface area contributed by atoms with Crippen molar-refractivity contribution >= 4 is 12.4 Å². The van der Waals surface area contributed by atoms with Crippen molar-refractivity contribution in [1.82, 2.24) is 10.2 Å². The highest BCUT2D eigenvalue weighted by atomic mass is 35.5. The number of hydrogen-bond acceptors (Lipinski definition) is 2. The van der Waals surface area contributed by atoms with E-state index in [-0.39, 0.29) is 25.2 Å². The molecule has 0 aromatic rings. The van der Waals surface area contributed by atoms with E-state index in [1.807, 2.05) is 6.92 Å². The molecular weight excluding hydrogens is 289 g/mol. The Morgan fingerprint density at radius 2 is 1.90 bits per heavy atom. The summed E-state index contributed by atoms with van der Waals surface area (Å²) in [6.07, 6.45) is -0.247. The van der Waals surface area contributed by atoms with Gasteiger partial charge in [-0.15, -0.1) is 12.4 Å². The molecule has 0 saturated carbocycles. The summed E-state index contributed by atoms with van der Waals surface area (Å²) in [5.41, 5.74) is -1.54. The number of alkyl halides is 3. The molecule has 1 unspecified atom stereocenters. The Hall–Kier alpha value is 0. The van der Waals surface area contributed by atoms with Gasteiger partial charge in [-0.05, 0) is 57.7 Å². The lowest BCUT2D eigenvalue weighted by Crippen LogP contribution is -2.56. The lowest BCUT2D eigenvalue weighted by atomic mass is 9.88. The number of hydrogen-bond donors (Lipinski definition) is 1. The highest BCUT2D eigenvalue weighted by Crippen LogP contribution is 2.46. The maximum atomic E-state index is 13.6. The Bertz CT molecular complexity index is 293. The van der Waals surface area contributed by atoms with Crippen LogP contribution < -0.4 is 5.32 Å². The van der Waals surface area contributed by atoms with E-state index < -0.39 is 11.7 Å². The van der Waals surface area contributed by atoms with Gasteiger partial charge in [0.15, 0.2) is 0 Å². The van der Waals surface area contributed by atoms with Gasteiger partial charge in [0, 0.05) is 6.54 Å². The van der Waals surface area contributed by atoms with Crippen LogP contribution in [0.2, 0.25) is 0 Å². The van der Waals surface area contributed by atoms with Crippen LogP contribution in [0.25, 0.3) is 0 Å². The quantitative estimate of drug-likeness (QED) is 0.853. The van der Waals surface area contributed by atoms with Gasteiger partial charge in [-0.2, -0.15) is 13.2 Å². The van der Waals surface area contributed by atoms with Crippen molar-refractivity contribution in [2.45, 2.75) is 57.2 Å². The van der Waals surface area contributed by atoms with Gasteiger partial charge in [-0.3, -0.25) is 4.90 Å². The number of likely N-dealkylation sites (tertiary alicyclic amines) is 1. The van der Waals surface area contributed by atoms with E-state index in [1.165, 1.54) is 0 Å². The Kier molecular flexibility index (Phi) is 6.61. The molecule has 2 heterocycles. The first kappa shape index (κ1) is 18.1. The van der Waals surface area contributed by atoms with Crippen LogP contribution in [0.4, 0.5) is 13.2 Å². The van der Waals surface area contributed by atoms with Gasteiger partial charge >= 0.3 is 6.18 Å². The molecule has 2 rings (SSSR count). The smallest absolute Gasteiger partial charge is 0.317 e. The van der Waals surface area contributed by atoms with E-state index in [0.717, 1.165) is 25.9 Å². The average molecular weight is 315 g/mol. The molecule has 2 aliphatic heterocycles. The summed E-state index contributed by atoms with van der Waals surface area (Å²) in [4.78, 5) is 1.76. The molecule has 2 aliphatic rings. The van der Waals surface area contributed by atoms with Gasteiger partial charge in [-0.1, -0.05) is 13.3 Å². The molecule has 20 heavy (non-hydrogen) atoms. The molecule has 0 aromatic carbocycles. The molecule has 0 radical (unpaired) electrons. The fourth-order valence-electron chi connectivity index (χ4n) is 3.74. The summed E-state index contributed by atoms with van der Waals surface area (Å²) in [5.74, 6) is 0.429. The number of nitrogens with zero attached hydrogens (tertiary/aromatic N) is 1. The predicted octanol–water partition coefficient (Wildman–Crippen LogP) is 3.60. The van der Waals surface area contributed by atoms with Gasteiger partial charge in [0.1, 0.15) is 5.54 Å². The van der Waals surface area contributed by atoms with Crippen molar-refractivity contribution in [3.05, 3.63) is 0 Å². The van der Waals surface area contributed by atoms with Gasteiger partial charge < -0.3 is 5.32 Å². The summed E-state index contributed by atoms with van der Waals surface area (Å²) in [5, 5.41) is 3.27. The second-order valence-corrected chi connectivity index (χ2v) is 6.02. The Balaban J connectivity index is 0.00000200. The first-order valence-electron chi connectivity index (χ1n) is 7.52. The van der Waals surface area contributed by atoms with Gasteiger partial charge in [-0.25, -0.2) is 0 Å². The number of nitrogens with one attached hydrogen (secondary N) is 1. The maximum Gasteiger partial charge on any atom is 0.406 e. The summed E-state index contributed by atoms with van der Waals surface area (Å²) >= 11 is 0. The van der Waals surface area contributed by atoms with E-state index in [4.69, 9.17) is 0 Å². The second-order valence-electron chi connectivity index (χ2n) is 6.02. The van der Waals surface area contributed by atoms with Crippen LogP contribution >= 0.6 is 12.4 Å². The highest BCUT2D eigenvalue weighted by Gasteiger charge is 2.59. The Labute approximate surface area is 125 Å². The SMILES string of the molecule is CCCC1(C(F)(F)F)CCCN1CC1CCNCC1.Cl. The van der Waals surface area contributed by atoms with E-state index >= 15 is 0 Å². The fraction of sp³-hybridized carbons (Fsp3) is 1.00. The minimum absolute atomic E-state index is 0.